The molecule has 214 valence electrons. The molecule has 0 radical (unpaired) electrons. The number of benzene rings is 1. The third kappa shape index (κ3) is 6.96. The number of unbranched alkanes of at least 4 members (excludes halogenated alkanes) is 2. The van der Waals surface area contributed by atoms with Crippen LogP contribution in [0.2, 0.25) is 0 Å². The SMILES string of the molecule is C/C(=C\c1cc(C)c(O)c(C)c1)CC[C@@H](O)C1=C(CO)C[C@H]2C(=O)N(CCCCCC(=O)O)C(=O)[C@H]2[C@H]1CO. The second-order valence-electron chi connectivity index (χ2n) is 10.9. The van der Waals surface area contributed by atoms with E-state index in [1.807, 2.05) is 39.0 Å². The zero-order chi connectivity index (χ0) is 28.9. The van der Waals surface area contributed by atoms with Crippen molar-refractivity contribution < 1.29 is 39.9 Å². The number of amides is 2. The molecule has 9 heteroatoms. The van der Waals surface area contributed by atoms with Crippen LogP contribution in [-0.2, 0) is 14.4 Å². The zero-order valence-electron chi connectivity index (χ0n) is 23.0. The van der Waals surface area contributed by atoms with Gasteiger partial charge in [-0.05, 0) is 92.8 Å². The topological polar surface area (TPSA) is 156 Å². The van der Waals surface area contributed by atoms with Gasteiger partial charge in [0.25, 0.3) is 0 Å². The van der Waals surface area contributed by atoms with Crippen molar-refractivity contribution in [1.29, 1.82) is 0 Å². The minimum atomic E-state index is -0.995. The first-order valence-electron chi connectivity index (χ1n) is 13.7. The summed E-state index contributed by atoms with van der Waals surface area (Å²) in [5, 5.41) is 50.4. The van der Waals surface area contributed by atoms with Gasteiger partial charge in [-0.2, -0.15) is 0 Å². The van der Waals surface area contributed by atoms with Crippen molar-refractivity contribution in [3.8, 4) is 5.75 Å². The summed E-state index contributed by atoms with van der Waals surface area (Å²) < 4.78 is 0. The normalized spacial score (nSPS) is 22.5. The molecule has 0 unspecified atom stereocenters. The Balaban J connectivity index is 1.72. The van der Waals surface area contributed by atoms with Gasteiger partial charge in [0, 0.05) is 18.9 Å². The van der Waals surface area contributed by atoms with Gasteiger partial charge < -0.3 is 25.5 Å². The summed E-state index contributed by atoms with van der Waals surface area (Å²) in [6.45, 7) is 5.01. The molecule has 0 saturated carbocycles. The van der Waals surface area contributed by atoms with Crippen molar-refractivity contribution in [2.75, 3.05) is 19.8 Å². The van der Waals surface area contributed by atoms with Crippen LogP contribution < -0.4 is 0 Å². The Morgan fingerprint density at radius 3 is 2.33 bits per heavy atom. The molecule has 0 aromatic heterocycles. The molecule has 1 aliphatic heterocycles. The number of carbonyl (C=O) groups excluding carboxylic acids is 2. The average molecular weight is 544 g/mol. The van der Waals surface area contributed by atoms with Crippen molar-refractivity contribution in [2.45, 2.75) is 71.8 Å². The second kappa shape index (κ2) is 13.4. The summed E-state index contributed by atoms with van der Waals surface area (Å²) in [5.74, 6) is -3.56. The number of allylic oxidation sites excluding steroid dienone is 1. The molecule has 0 spiro atoms. The van der Waals surface area contributed by atoms with Crippen LogP contribution in [0, 0.1) is 31.6 Å². The lowest BCUT2D eigenvalue weighted by molar-refractivity contribution is -0.141. The number of carboxylic acids is 1. The van der Waals surface area contributed by atoms with Gasteiger partial charge in [0.05, 0.1) is 31.2 Å². The fraction of sp³-hybridized carbons (Fsp3) is 0.567. The van der Waals surface area contributed by atoms with Crippen molar-refractivity contribution in [1.82, 2.24) is 4.90 Å². The second-order valence-corrected chi connectivity index (χ2v) is 10.9. The van der Waals surface area contributed by atoms with E-state index in [1.165, 1.54) is 4.90 Å². The Hall–Kier alpha value is -3.01. The average Bonchev–Trinajstić information content (AvgIpc) is 3.13. The Kier molecular flexibility index (Phi) is 10.5. The van der Waals surface area contributed by atoms with Crippen LogP contribution in [0.25, 0.3) is 6.08 Å². The molecule has 5 N–H and O–H groups in total. The van der Waals surface area contributed by atoms with E-state index in [0.29, 0.717) is 43.3 Å². The van der Waals surface area contributed by atoms with Crippen molar-refractivity contribution in [3.63, 3.8) is 0 Å². The first kappa shape index (κ1) is 30.5. The number of phenolic OH excluding ortho intramolecular Hbond substituents is 1. The molecule has 3 rings (SSSR count). The molecule has 1 aromatic rings. The maximum Gasteiger partial charge on any atom is 0.303 e. The quantitative estimate of drug-likeness (QED) is 0.144. The van der Waals surface area contributed by atoms with Gasteiger partial charge in [-0.1, -0.05) is 18.1 Å². The highest BCUT2D eigenvalue weighted by Crippen LogP contribution is 2.46. The lowest BCUT2D eigenvalue weighted by Gasteiger charge is -2.36. The lowest BCUT2D eigenvalue weighted by atomic mass is 9.68. The number of aliphatic carboxylic acids is 1. The van der Waals surface area contributed by atoms with Crippen molar-refractivity contribution >= 4 is 23.9 Å². The molecule has 1 aromatic carbocycles. The minimum Gasteiger partial charge on any atom is -0.507 e. The maximum absolute atomic E-state index is 13.3. The molecule has 2 amide bonds. The van der Waals surface area contributed by atoms with Crippen LogP contribution in [0.3, 0.4) is 0 Å². The zero-order valence-corrected chi connectivity index (χ0v) is 23.0. The molecule has 1 heterocycles. The Morgan fingerprint density at radius 2 is 1.74 bits per heavy atom. The molecule has 9 nitrogen and oxygen atoms in total. The van der Waals surface area contributed by atoms with E-state index in [2.05, 4.69) is 0 Å². The van der Waals surface area contributed by atoms with Crippen molar-refractivity contribution in [3.05, 3.63) is 45.5 Å². The Bertz CT molecular complexity index is 1130. The number of carbonyl (C=O) groups is 3. The number of hydrogen-bond acceptors (Lipinski definition) is 7. The third-order valence-corrected chi connectivity index (χ3v) is 8.03. The maximum atomic E-state index is 13.3. The molecular formula is C30H41NO8. The molecule has 39 heavy (non-hydrogen) atoms. The van der Waals surface area contributed by atoms with Gasteiger partial charge in [0.15, 0.2) is 0 Å². The number of rotatable bonds is 13. The van der Waals surface area contributed by atoms with Gasteiger partial charge in [-0.15, -0.1) is 0 Å². The number of nitrogens with zero attached hydrogens (tertiary/aromatic N) is 1. The highest BCUT2D eigenvalue weighted by Gasteiger charge is 2.54. The van der Waals surface area contributed by atoms with E-state index in [1.54, 1.807) is 0 Å². The predicted molar refractivity (Wildman–Crippen MR) is 146 cm³/mol. The monoisotopic (exact) mass is 543 g/mol. The van der Waals surface area contributed by atoms with E-state index >= 15 is 0 Å². The fourth-order valence-electron chi connectivity index (χ4n) is 6.06. The third-order valence-electron chi connectivity index (χ3n) is 8.03. The first-order chi connectivity index (χ1) is 18.5. The number of likely N-dealkylation sites (tertiary alicyclic amines) is 1. The molecular weight excluding hydrogens is 502 g/mol. The van der Waals surface area contributed by atoms with E-state index < -0.39 is 36.4 Å². The smallest absolute Gasteiger partial charge is 0.303 e. The molecule has 4 atom stereocenters. The first-order valence-corrected chi connectivity index (χ1v) is 13.7. The van der Waals surface area contributed by atoms with E-state index in [9.17, 15) is 34.8 Å². The van der Waals surface area contributed by atoms with E-state index in [0.717, 1.165) is 22.3 Å². The van der Waals surface area contributed by atoms with Crippen LogP contribution in [0.1, 0.15) is 68.6 Å². The summed E-state index contributed by atoms with van der Waals surface area (Å²) in [6, 6.07) is 3.77. The number of aliphatic hydroxyl groups excluding tert-OH is 3. The molecule has 0 bridgehead atoms. The van der Waals surface area contributed by atoms with Gasteiger partial charge in [0.1, 0.15) is 5.75 Å². The van der Waals surface area contributed by atoms with Crippen LogP contribution in [0.15, 0.2) is 28.9 Å². The number of imide groups is 1. The predicted octanol–water partition coefficient (Wildman–Crippen LogP) is 3.10. The summed E-state index contributed by atoms with van der Waals surface area (Å²) in [4.78, 5) is 38.3. The Morgan fingerprint density at radius 1 is 1.08 bits per heavy atom. The Labute approximate surface area is 229 Å². The number of fused-ring (bicyclic) bond motifs is 1. The molecule has 2 aliphatic rings. The van der Waals surface area contributed by atoms with Gasteiger partial charge in [0.2, 0.25) is 11.8 Å². The highest BCUT2D eigenvalue weighted by atomic mass is 16.4. The number of aryl methyl sites for hydroxylation is 2. The number of hydrogen-bond donors (Lipinski definition) is 5. The summed E-state index contributed by atoms with van der Waals surface area (Å²) >= 11 is 0. The van der Waals surface area contributed by atoms with Gasteiger partial charge in [-0.3, -0.25) is 19.3 Å². The standard InChI is InChI=1S/C30H41NO8/c1-17(11-20-12-18(2)28(37)19(3)13-20)8-9-24(34)26-21(15-32)14-22-27(23(26)16-33)30(39)31(29(22)38)10-6-4-5-7-25(35)36/h11-13,22-24,27,32-34,37H,4-10,14-16H2,1-3H3,(H,35,36)/b17-11+/t22-,23+,24-,27-/m1/s1. The summed E-state index contributed by atoms with van der Waals surface area (Å²) in [6.07, 6.45) is 3.57. The number of aromatic hydroxyl groups is 1. The van der Waals surface area contributed by atoms with Gasteiger partial charge >= 0.3 is 5.97 Å². The van der Waals surface area contributed by atoms with Crippen molar-refractivity contribution in [2.24, 2.45) is 17.8 Å². The number of phenols is 1. The van der Waals surface area contributed by atoms with Crippen LogP contribution in [0.5, 0.6) is 5.75 Å². The van der Waals surface area contributed by atoms with E-state index in [-0.39, 0.29) is 43.6 Å². The largest absolute Gasteiger partial charge is 0.507 e. The molecule has 1 aliphatic carbocycles. The fourth-order valence-corrected chi connectivity index (χ4v) is 6.06. The minimum absolute atomic E-state index is 0.0354. The summed E-state index contributed by atoms with van der Waals surface area (Å²) in [7, 11) is 0. The van der Waals surface area contributed by atoms with Crippen LogP contribution in [0.4, 0.5) is 0 Å². The number of aliphatic hydroxyl groups is 3. The molecule has 1 fully saturated rings. The van der Waals surface area contributed by atoms with Crippen LogP contribution >= 0.6 is 0 Å². The van der Waals surface area contributed by atoms with Crippen LogP contribution in [-0.4, -0.2) is 74.1 Å². The summed E-state index contributed by atoms with van der Waals surface area (Å²) in [5.41, 5.74) is 4.45. The highest BCUT2D eigenvalue weighted by molar-refractivity contribution is 6.05. The molecule has 1 saturated heterocycles. The lowest BCUT2D eigenvalue weighted by Crippen LogP contribution is -2.39. The van der Waals surface area contributed by atoms with E-state index in [4.69, 9.17) is 5.11 Å². The number of carboxylic acid groups (broad SMARTS) is 1. The van der Waals surface area contributed by atoms with Gasteiger partial charge in [-0.25, -0.2) is 0 Å².